The predicted molar refractivity (Wildman–Crippen MR) is 116 cm³/mol. The second-order valence-electron chi connectivity index (χ2n) is 8.09. The molecule has 0 aliphatic carbocycles. The van der Waals surface area contributed by atoms with Gasteiger partial charge in [0.15, 0.2) is 0 Å². The molecule has 4 nitrogen and oxygen atoms in total. The molecule has 0 bridgehead atoms. The van der Waals surface area contributed by atoms with Crippen molar-refractivity contribution in [2.45, 2.75) is 96.7 Å². The van der Waals surface area contributed by atoms with E-state index in [0.717, 1.165) is 19.3 Å². The second-order valence-corrected chi connectivity index (χ2v) is 8.09. The SMILES string of the molecule is CCCCCCCCCCCCCOC(=O)C(C)NC(=O)c1cc(C(F)(F)F)ccc1F. The lowest BCUT2D eigenvalue weighted by molar-refractivity contribution is -0.145. The van der Waals surface area contributed by atoms with E-state index in [4.69, 9.17) is 4.74 Å². The van der Waals surface area contributed by atoms with Crippen molar-refractivity contribution in [1.82, 2.24) is 5.32 Å². The molecule has 0 saturated heterocycles. The largest absolute Gasteiger partial charge is 0.464 e. The molecule has 1 aromatic carbocycles. The van der Waals surface area contributed by atoms with Crippen LogP contribution in [0, 0.1) is 5.82 Å². The fraction of sp³-hybridized carbons (Fsp3) is 0.667. The van der Waals surface area contributed by atoms with Gasteiger partial charge >= 0.3 is 12.1 Å². The quantitative estimate of drug-likeness (QED) is 0.177. The van der Waals surface area contributed by atoms with Crippen LogP contribution in [0.3, 0.4) is 0 Å². The Hall–Kier alpha value is -2.12. The molecule has 0 aromatic heterocycles. The van der Waals surface area contributed by atoms with E-state index in [1.165, 1.54) is 51.9 Å². The van der Waals surface area contributed by atoms with Crippen LogP contribution >= 0.6 is 0 Å². The summed E-state index contributed by atoms with van der Waals surface area (Å²) in [7, 11) is 0. The Kier molecular flexibility index (Phi) is 13.0. The molecule has 0 aliphatic rings. The molecule has 32 heavy (non-hydrogen) atoms. The number of carbonyl (C=O) groups is 2. The van der Waals surface area contributed by atoms with Crippen LogP contribution in [0.15, 0.2) is 18.2 Å². The molecule has 1 unspecified atom stereocenters. The molecule has 0 aliphatic heterocycles. The Bertz CT molecular complexity index is 707. The van der Waals surface area contributed by atoms with Crippen molar-refractivity contribution >= 4 is 11.9 Å². The summed E-state index contributed by atoms with van der Waals surface area (Å²) in [4.78, 5) is 24.1. The van der Waals surface area contributed by atoms with Crippen LogP contribution in [0.5, 0.6) is 0 Å². The van der Waals surface area contributed by atoms with E-state index in [1.54, 1.807) is 0 Å². The number of amides is 1. The van der Waals surface area contributed by atoms with Gasteiger partial charge < -0.3 is 10.1 Å². The van der Waals surface area contributed by atoms with Crippen LogP contribution < -0.4 is 5.32 Å². The summed E-state index contributed by atoms with van der Waals surface area (Å²) in [5.41, 5.74) is -1.92. The second kappa shape index (κ2) is 14.9. The molecule has 1 amide bonds. The first-order chi connectivity index (χ1) is 15.2. The zero-order valence-electron chi connectivity index (χ0n) is 19.0. The maximum absolute atomic E-state index is 13.8. The summed E-state index contributed by atoms with van der Waals surface area (Å²) in [6.45, 7) is 3.75. The molecule has 182 valence electrons. The maximum atomic E-state index is 13.8. The number of hydrogen-bond acceptors (Lipinski definition) is 3. The van der Waals surface area contributed by atoms with Gasteiger partial charge in [-0.25, -0.2) is 9.18 Å². The van der Waals surface area contributed by atoms with Crippen LogP contribution in [0.1, 0.15) is 100 Å². The fourth-order valence-electron chi connectivity index (χ4n) is 3.27. The number of ether oxygens (including phenoxy) is 1. The normalized spacial score (nSPS) is 12.4. The van der Waals surface area contributed by atoms with Crippen LogP contribution in [-0.2, 0) is 15.7 Å². The highest BCUT2D eigenvalue weighted by Crippen LogP contribution is 2.30. The molecule has 1 rings (SSSR count). The molecule has 1 atom stereocenters. The van der Waals surface area contributed by atoms with Crippen molar-refractivity contribution in [2.75, 3.05) is 6.61 Å². The lowest BCUT2D eigenvalue weighted by Gasteiger charge is -2.15. The first-order valence-corrected chi connectivity index (χ1v) is 11.5. The van der Waals surface area contributed by atoms with Crippen molar-refractivity contribution in [3.8, 4) is 0 Å². The average Bonchev–Trinajstić information content (AvgIpc) is 2.73. The Morgan fingerprint density at radius 3 is 2.00 bits per heavy atom. The third-order valence-electron chi connectivity index (χ3n) is 5.23. The van der Waals surface area contributed by atoms with Crippen molar-refractivity contribution in [1.29, 1.82) is 0 Å². The molecular weight excluding hydrogens is 426 g/mol. The van der Waals surface area contributed by atoms with Gasteiger partial charge in [0.05, 0.1) is 17.7 Å². The first kappa shape index (κ1) is 27.9. The minimum Gasteiger partial charge on any atom is -0.464 e. The molecule has 0 radical (unpaired) electrons. The minimum atomic E-state index is -4.71. The first-order valence-electron chi connectivity index (χ1n) is 11.5. The molecule has 1 N–H and O–H groups in total. The van der Waals surface area contributed by atoms with E-state index in [1.807, 2.05) is 0 Å². The number of hydrogen-bond donors (Lipinski definition) is 1. The number of unbranched alkanes of at least 4 members (excludes halogenated alkanes) is 10. The zero-order valence-corrected chi connectivity index (χ0v) is 19.0. The van der Waals surface area contributed by atoms with E-state index in [-0.39, 0.29) is 6.61 Å². The summed E-state index contributed by atoms with van der Waals surface area (Å²) in [5, 5.41) is 2.19. The minimum absolute atomic E-state index is 0.202. The van der Waals surface area contributed by atoms with E-state index in [9.17, 15) is 27.2 Å². The Morgan fingerprint density at radius 2 is 1.47 bits per heavy atom. The number of halogens is 4. The van der Waals surface area contributed by atoms with Crippen molar-refractivity contribution in [3.63, 3.8) is 0 Å². The zero-order chi connectivity index (χ0) is 24.0. The number of nitrogens with one attached hydrogen (secondary N) is 1. The topological polar surface area (TPSA) is 55.4 Å². The third-order valence-corrected chi connectivity index (χ3v) is 5.23. The van der Waals surface area contributed by atoms with E-state index >= 15 is 0 Å². The molecule has 0 heterocycles. The van der Waals surface area contributed by atoms with Gasteiger partial charge in [0.1, 0.15) is 11.9 Å². The standard InChI is InChI=1S/C24H35F4NO3/c1-3-4-5-6-7-8-9-10-11-12-13-16-32-23(31)18(2)29-22(30)20-17-19(24(26,27)28)14-15-21(20)25/h14-15,17-18H,3-13,16H2,1-2H3,(H,29,30). The summed E-state index contributed by atoms with van der Waals surface area (Å²) in [6, 6.07) is 0.447. The fourth-order valence-corrected chi connectivity index (χ4v) is 3.27. The summed E-state index contributed by atoms with van der Waals surface area (Å²) in [5.74, 6) is -2.91. The highest BCUT2D eigenvalue weighted by molar-refractivity contribution is 5.97. The highest BCUT2D eigenvalue weighted by Gasteiger charge is 2.32. The van der Waals surface area contributed by atoms with Gasteiger partial charge in [0.25, 0.3) is 5.91 Å². The van der Waals surface area contributed by atoms with Gasteiger partial charge in [-0.05, 0) is 31.5 Å². The van der Waals surface area contributed by atoms with Gasteiger partial charge in [0, 0.05) is 0 Å². The van der Waals surface area contributed by atoms with E-state index in [0.29, 0.717) is 24.6 Å². The number of esters is 1. The van der Waals surface area contributed by atoms with Crippen molar-refractivity contribution < 1.29 is 31.9 Å². The lowest BCUT2D eigenvalue weighted by Crippen LogP contribution is -2.40. The van der Waals surface area contributed by atoms with Gasteiger partial charge in [-0.1, -0.05) is 71.1 Å². The van der Waals surface area contributed by atoms with Gasteiger partial charge in [-0.2, -0.15) is 13.2 Å². The van der Waals surface area contributed by atoms with E-state index < -0.39 is 41.0 Å². The number of alkyl halides is 3. The number of benzene rings is 1. The Labute approximate surface area is 188 Å². The molecule has 8 heteroatoms. The van der Waals surface area contributed by atoms with E-state index in [2.05, 4.69) is 12.2 Å². The van der Waals surface area contributed by atoms with Crippen LogP contribution in [0.2, 0.25) is 0 Å². The predicted octanol–water partition coefficient (Wildman–Crippen LogP) is 6.82. The summed E-state index contributed by atoms with van der Waals surface area (Å²) in [6.07, 6.45) is 8.06. The van der Waals surface area contributed by atoms with Crippen molar-refractivity contribution in [3.05, 3.63) is 35.1 Å². The van der Waals surface area contributed by atoms with Gasteiger partial charge in [-0.15, -0.1) is 0 Å². The van der Waals surface area contributed by atoms with Gasteiger partial charge in [0.2, 0.25) is 0 Å². The maximum Gasteiger partial charge on any atom is 0.416 e. The third kappa shape index (κ3) is 11.0. The molecular formula is C24H35F4NO3. The highest BCUT2D eigenvalue weighted by atomic mass is 19.4. The average molecular weight is 462 g/mol. The van der Waals surface area contributed by atoms with Crippen LogP contribution in [-0.4, -0.2) is 24.5 Å². The molecule has 0 saturated carbocycles. The lowest BCUT2D eigenvalue weighted by atomic mass is 10.1. The van der Waals surface area contributed by atoms with Crippen molar-refractivity contribution in [2.24, 2.45) is 0 Å². The monoisotopic (exact) mass is 461 g/mol. The molecule has 0 spiro atoms. The number of rotatable bonds is 15. The summed E-state index contributed by atoms with van der Waals surface area (Å²) < 4.78 is 57.2. The Morgan fingerprint density at radius 1 is 0.938 bits per heavy atom. The Balaban J connectivity index is 2.24. The molecule has 0 fully saturated rings. The summed E-state index contributed by atoms with van der Waals surface area (Å²) >= 11 is 0. The van der Waals surface area contributed by atoms with Gasteiger partial charge in [-0.3, -0.25) is 4.79 Å². The van der Waals surface area contributed by atoms with Crippen LogP contribution in [0.4, 0.5) is 17.6 Å². The smallest absolute Gasteiger partial charge is 0.416 e. The molecule has 1 aromatic rings. The van der Waals surface area contributed by atoms with Crippen LogP contribution in [0.25, 0.3) is 0 Å². The number of carbonyl (C=O) groups excluding carboxylic acids is 2.